The molecule has 1 heterocycles. The van der Waals surface area contributed by atoms with Gasteiger partial charge in [0, 0.05) is 25.4 Å². The molecule has 0 unspecified atom stereocenters. The molecule has 0 aliphatic rings. The van der Waals surface area contributed by atoms with Crippen LogP contribution in [-0.2, 0) is 20.2 Å². The predicted molar refractivity (Wildman–Crippen MR) is 81.0 cm³/mol. The summed E-state index contributed by atoms with van der Waals surface area (Å²) in [5.74, 6) is 1.42. The molecule has 5 nitrogen and oxygen atoms in total. The Kier molecular flexibility index (Phi) is 5.03. The number of hydrogen-bond acceptors (Lipinski definition) is 4. The minimum Gasteiger partial charge on any atom is -0.493 e. The Morgan fingerprint density at radius 3 is 2.75 bits per heavy atom. The van der Waals surface area contributed by atoms with Crippen LogP contribution in [0.2, 0.25) is 0 Å². The Hall–Kier alpha value is -1.53. The molecule has 0 atom stereocenters. The van der Waals surface area contributed by atoms with E-state index >= 15 is 0 Å². The summed E-state index contributed by atoms with van der Waals surface area (Å²) in [4.78, 5) is 0. The number of nitrogens with one attached hydrogen (secondary N) is 1. The number of aromatic nitrogens is 2. The van der Waals surface area contributed by atoms with Gasteiger partial charge in [-0.25, -0.2) is 0 Å². The van der Waals surface area contributed by atoms with Gasteiger partial charge >= 0.3 is 0 Å². The Morgan fingerprint density at radius 1 is 1.35 bits per heavy atom. The lowest BCUT2D eigenvalue weighted by Crippen LogP contribution is -2.06. The van der Waals surface area contributed by atoms with Crippen molar-refractivity contribution in [2.45, 2.75) is 13.2 Å². The molecule has 0 radical (unpaired) electrons. The molecule has 0 bridgehead atoms. The fraction of sp³-hybridized carbons (Fsp3) is 0.357. The van der Waals surface area contributed by atoms with Crippen molar-refractivity contribution in [3.8, 4) is 11.5 Å². The minimum atomic E-state index is 0.453. The van der Waals surface area contributed by atoms with Crippen LogP contribution in [0.1, 0.15) is 11.1 Å². The van der Waals surface area contributed by atoms with Crippen molar-refractivity contribution in [1.82, 2.24) is 15.1 Å². The molecular formula is C14H18BrN3O2. The molecule has 2 rings (SSSR count). The first-order valence-electron chi connectivity index (χ1n) is 6.25. The third kappa shape index (κ3) is 3.52. The van der Waals surface area contributed by atoms with E-state index in [4.69, 9.17) is 9.47 Å². The SMILES string of the molecule is CNCc1cc(Br)c(OCc2cnn(C)c2)c(OC)c1. The lowest BCUT2D eigenvalue weighted by Gasteiger charge is -2.14. The number of aryl methyl sites for hydroxylation is 1. The van der Waals surface area contributed by atoms with E-state index in [0.717, 1.165) is 22.1 Å². The van der Waals surface area contributed by atoms with Crippen LogP contribution in [0.4, 0.5) is 0 Å². The number of nitrogens with zero attached hydrogens (tertiary/aromatic N) is 2. The zero-order valence-electron chi connectivity index (χ0n) is 11.8. The van der Waals surface area contributed by atoms with Crippen molar-refractivity contribution in [2.75, 3.05) is 14.2 Å². The quantitative estimate of drug-likeness (QED) is 0.878. The van der Waals surface area contributed by atoms with Crippen LogP contribution >= 0.6 is 15.9 Å². The number of benzene rings is 1. The van der Waals surface area contributed by atoms with Crippen LogP contribution < -0.4 is 14.8 Å². The second-order valence-electron chi connectivity index (χ2n) is 4.45. The third-order valence-electron chi connectivity index (χ3n) is 2.81. The van der Waals surface area contributed by atoms with Crippen LogP contribution in [0.15, 0.2) is 29.0 Å². The topological polar surface area (TPSA) is 48.3 Å². The summed E-state index contributed by atoms with van der Waals surface area (Å²) in [5, 5.41) is 7.23. The molecule has 20 heavy (non-hydrogen) atoms. The zero-order chi connectivity index (χ0) is 14.5. The summed E-state index contributed by atoms with van der Waals surface area (Å²) in [6, 6.07) is 4.00. The maximum absolute atomic E-state index is 5.85. The highest BCUT2D eigenvalue weighted by Gasteiger charge is 2.12. The Balaban J connectivity index is 2.17. The molecule has 0 saturated heterocycles. The second kappa shape index (κ2) is 6.76. The van der Waals surface area contributed by atoms with E-state index in [1.807, 2.05) is 32.4 Å². The van der Waals surface area contributed by atoms with E-state index in [1.54, 1.807) is 18.0 Å². The second-order valence-corrected chi connectivity index (χ2v) is 5.30. The van der Waals surface area contributed by atoms with E-state index in [2.05, 4.69) is 26.3 Å². The van der Waals surface area contributed by atoms with Crippen molar-refractivity contribution in [2.24, 2.45) is 7.05 Å². The highest BCUT2D eigenvalue weighted by Crippen LogP contribution is 2.37. The summed E-state index contributed by atoms with van der Waals surface area (Å²) >= 11 is 3.53. The standard InChI is InChI=1S/C14H18BrN3O2/c1-16-6-10-4-12(15)14(13(5-10)19-3)20-9-11-7-17-18(2)8-11/h4-5,7-8,16H,6,9H2,1-3H3. The minimum absolute atomic E-state index is 0.453. The van der Waals surface area contributed by atoms with E-state index in [1.165, 1.54) is 0 Å². The molecule has 6 heteroatoms. The lowest BCUT2D eigenvalue weighted by molar-refractivity contribution is 0.282. The summed E-state index contributed by atoms with van der Waals surface area (Å²) in [5.41, 5.74) is 2.14. The van der Waals surface area contributed by atoms with Gasteiger partial charge in [-0.1, -0.05) is 0 Å². The van der Waals surface area contributed by atoms with Gasteiger partial charge in [-0.3, -0.25) is 4.68 Å². The lowest BCUT2D eigenvalue weighted by atomic mass is 10.2. The van der Waals surface area contributed by atoms with Crippen LogP contribution in [-0.4, -0.2) is 23.9 Å². The van der Waals surface area contributed by atoms with Crippen molar-refractivity contribution in [1.29, 1.82) is 0 Å². The molecule has 0 aliphatic carbocycles. The van der Waals surface area contributed by atoms with Crippen LogP contribution in [0.3, 0.4) is 0 Å². The summed E-state index contributed by atoms with van der Waals surface area (Å²) in [6.07, 6.45) is 3.71. The van der Waals surface area contributed by atoms with E-state index in [-0.39, 0.29) is 0 Å². The number of halogens is 1. The van der Waals surface area contributed by atoms with Crippen molar-refractivity contribution >= 4 is 15.9 Å². The smallest absolute Gasteiger partial charge is 0.175 e. The highest BCUT2D eigenvalue weighted by molar-refractivity contribution is 9.10. The Bertz CT molecular complexity index is 584. The molecule has 0 aliphatic heterocycles. The molecule has 0 saturated carbocycles. The summed E-state index contributed by atoms with van der Waals surface area (Å²) in [6.45, 7) is 1.23. The van der Waals surface area contributed by atoms with Gasteiger partial charge in [0.2, 0.25) is 0 Å². The van der Waals surface area contributed by atoms with Gasteiger partial charge in [0.15, 0.2) is 11.5 Å². The molecule has 0 fully saturated rings. The molecule has 0 spiro atoms. The number of methoxy groups -OCH3 is 1. The highest BCUT2D eigenvalue weighted by atomic mass is 79.9. The predicted octanol–water partition coefficient (Wildman–Crippen LogP) is 2.49. The van der Waals surface area contributed by atoms with Gasteiger partial charge < -0.3 is 14.8 Å². The average Bonchev–Trinajstić information content (AvgIpc) is 2.83. The molecule has 1 aromatic carbocycles. The van der Waals surface area contributed by atoms with Crippen LogP contribution in [0.25, 0.3) is 0 Å². The number of ether oxygens (including phenoxy) is 2. The molecule has 108 valence electrons. The van der Waals surface area contributed by atoms with Crippen LogP contribution in [0.5, 0.6) is 11.5 Å². The first-order valence-corrected chi connectivity index (χ1v) is 7.04. The monoisotopic (exact) mass is 339 g/mol. The zero-order valence-corrected chi connectivity index (χ0v) is 13.4. The van der Waals surface area contributed by atoms with E-state index in [0.29, 0.717) is 18.1 Å². The summed E-state index contributed by atoms with van der Waals surface area (Å²) in [7, 11) is 5.43. The molecular weight excluding hydrogens is 322 g/mol. The average molecular weight is 340 g/mol. The van der Waals surface area contributed by atoms with Gasteiger partial charge in [0.25, 0.3) is 0 Å². The largest absolute Gasteiger partial charge is 0.493 e. The van der Waals surface area contributed by atoms with Gasteiger partial charge in [-0.05, 0) is 40.7 Å². The van der Waals surface area contributed by atoms with Crippen molar-refractivity contribution in [3.05, 3.63) is 40.1 Å². The first kappa shape index (κ1) is 14.9. The Morgan fingerprint density at radius 2 is 2.15 bits per heavy atom. The fourth-order valence-electron chi connectivity index (χ4n) is 1.92. The third-order valence-corrected chi connectivity index (χ3v) is 3.40. The van der Waals surface area contributed by atoms with E-state index in [9.17, 15) is 0 Å². The Labute approximate surface area is 127 Å². The maximum atomic E-state index is 5.85. The van der Waals surface area contributed by atoms with Crippen LogP contribution in [0, 0.1) is 0 Å². The number of rotatable bonds is 6. The van der Waals surface area contributed by atoms with E-state index < -0.39 is 0 Å². The van der Waals surface area contributed by atoms with Gasteiger partial charge in [0.1, 0.15) is 6.61 Å². The van der Waals surface area contributed by atoms with Gasteiger partial charge in [-0.15, -0.1) is 0 Å². The molecule has 2 aromatic rings. The normalized spacial score (nSPS) is 10.6. The molecule has 1 N–H and O–H groups in total. The first-order chi connectivity index (χ1) is 9.63. The fourth-order valence-corrected chi connectivity index (χ4v) is 2.53. The number of hydrogen-bond donors (Lipinski definition) is 1. The van der Waals surface area contributed by atoms with Gasteiger partial charge in [0.05, 0.1) is 17.8 Å². The molecule has 1 aromatic heterocycles. The van der Waals surface area contributed by atoms with Crippen molar-refractivity contribution in [3.63, 3.8) is 0 Å². The van der Waals surface area contributed by atoms with Crippen molar-refractivity contribution < 1.29 is 9.47 Å². The maximum Gasteiger partial charge on any atom is 0.175 e. The van der Waals surface area contributed by atoms with Gasteiger partial charge in [-0.2, -0.15) is 5.10 Å². The summed E-state index contributed by atoms with van der Waals surface area (Å²) < 4.78 is 13.9. The molecule has 0 amide bonds.